The van der Waals surface area contributed by atoms with E-state index in [4.69, 9.17) is 15.7 Å². The Hall–Kier alpha value is -2.31. The number of nitrogens with two attached hydrogens (primary N) is 1. The van der Waals surface area contributed by atoms with E-state index in [0.29, 0.717) is 23.6 Å². The molecule has 0 aliphatic heterocycles. The van der Waals surface area contributed by atoms with Crippen LogP contribution in [0.3, 0.4) is 0 Å². The first kappa shape index (κ1) is 12.2. The third-order valence-electron chi connectivity index (χ3n) is 2.71. The minimum absolute atomic E-state index is 0.508. The van der Waals surface area contributed by atoms with Gasteiger partial charge in [-0.05, 0) is 36.2 Å². The van der Waals surface area contributed by atoms with Crippen LogP contribution >= 0.6 is 0 Å². The van der Waals surface area contributed by atoms with Crippen LogP contribution in [0.1, 0.15) is 16.7 Å². The minimum atomic E-state index is 0.508. The number of para-hydroxylation sites is 1. The fraction of sp³-hybridized carbons (Fsp3) is 0.133. The number of nitrogens with zero attached hydrogens (tertiary/aromatic N) is 1. The number of rotatable bonds is 3. The Balaban J connectivity index is 2.31. The highest BCUT2D eigenvalue weighted by molar-refractivity contribution is 5.50. The van der Waals surface area contributed by atoms with Crippen molar-refractivity contribution in [3.05, 3.63) is 59.2 Å². The van der Waals surface area contributed by atoms with Gasteiger partial charge in [0.05, 0.1) is 5.56 Å². The van der Waals surface area contributed by atoms with Gasteiger partial charge in [-0.15, -0.1) is 0 Å². The van der Waals surface area contributed by atoms with E-state index in [0.717, 1.165) is 11.1 Å². The molecular formula is C15H14N2O. The van der Waals surface area contributed by atoms with Gasteiger partial charge in [-0.3, -0.25) is 0 Å². The van der Waals surface area contributed by atoms with Crippen molar-refractivity contribution in [2.24, 2.45) is 5.73 Å². The van der Waals surface area contributed by atoms with Crippen molar-refractivity contribution in [1.82, 2.24) is 0 Å². The second-order valence-corrected chi connectivity index (χ2v) is 4.01. The number of ether oxygens (including phenoxy) is 1. The number of hydrogen-bond donors (Lipinski definition) is 1. The van der Waals surface area contributed by atoms with Gasteiger partial charge in [-0.1, -0.05) is 24.3 Å². The van der Waals surface area contributed by atoms with Crippen molar-refractivity contribution in [2.45, 2.75) is 13.5 Å². The molecule has 0 heterocycles. The molecule has 3 nitrogen and oxygen atoms in total. The van der Waals surface area contributed by atoms with Gasteiger partial charge in [0, 0.05) is 6.54 Å². The van der Waals surface area contributed by atoms with E-state index in [1.807, 2.05) is 43.3 Å². The second kappa shape index (κ2) is 5.35. The van der Waals surface area contributed by atoms with E-state index in [-0.39, 0.29) is 0 Å². The number of hydrogen-bond acceptors (Lipinski definition) is 3. The molecule has 90 valence electrons. The Morgan fingerprint density at radius 2 is 1.89 bits per heavy atom. The lowest BCUT2D eigenvalue weighted by Crippen LogP contribution is -1.96. The Morgan fingerprint density at radius 1 is 1.17 bits per heavy atom. The van der Waals surface area contributed by atoms with Gasteiger partial charge in [0.2, 0.25) is 0 Å². The first-order valence-electron chi connectivity index (χ1n) is 5.71. The molecule has 3 heteroatoms. The molecule has 2 aromatic carbocycles. The summed E-state index contributed by atoms with van der Waals surface area (Å²) in [6.45, 7) is 2.43. The largest absolute Gasteiger partial charge is 0.456 e. The molecule has 0 amide bonds. The molecule has 0 spiro atoms. The predicted octanol–water partition coefficient (Wildman–Crippen LogP) is 3.12. The quantitative estimate of drug-likeness (QED) is 0.893. The zero-order chi connectivity index (χ0) is 13.0. The second-order valence-electron chi connectivity index (χ2n) is 4.01. The normalized spacial score (nSPS) is 9.83. The van der Waals surface area contributed by atoms with E-state index in [9.17, 15) is 0 Å². The Labute approximate surface area is 106 Å². The predicted molar refractivity (Wildman–Crippen MR) is 70.3 cm³/mol. The van der Waals surface area contributed by atoms with E-state index in [1.54, 1.807) is 6.07 Å². The van der Waals surface area contributed by atoms with Crippen molar-refractivity contribution >= 4 is 0 Å². The highest BCUT2D eigenvalue weighted by Crippen LogP contribution is 2.28. The van der Waals surface area contributed by atoms with Gasteiger partial charge in [0.25, 0.3) is 0 Å². The maximum absolute atomic E-state index is 9.06. The minimum Gasteiger partial charge on any atom is -0.456 e. The summed E-state index contributed by atoms with van der Waals surface area (Å²) < 4.78 is 5.77. The van der Waals surface area contributed by atoms with Crippen LogP contribution < -0.4 is 10.5 Å². The molecule has 0 aromatic heterocycles. The summed E-state index contributed by atoms with van der Waals surface area (Å²) in [6, 6.07) is 15.2. The van der Waals surface area contributed by atoms with Crippen LogP contribution in [0.25, 0.3) is 0 Å². The molecule has 2 rings (SSSR count). The molecule has 0 unspecified atom stereocenters. The molecule has 0 fully saturated rings. The van der Waals surface area contributed by atoms with Crippen molar-refractivity contribution in [2.75, 3.05) is 0 Å². The third kappa shape index (κ3) is 2.50. The number of aryl methyl sites for hydroxylation is 1. The Kier molecular flexibility index (Phi) is 3.61. The summed E-state index contributed by atoms with van der Waals surface area (Å²) in [6.07, 6.45) is 0. The van der Waals surface area contributed by atoms with Crippen molar-refractivity contribution < 1.29 is 4.74 Å². The maximum Gasteiger partial charge on any atom is 0.148 e. The fourth-order valence-electron chi connectivity index (χ4n) is 1.69. The molecule has 0 aliphatic carbocycles. The highest BCUT2D eigenvalue weighted by atomic mass is 16.5. The molecule has 18 heavy (non-hydrogen) atoms. The molecular weight excluding hydrogens is 224 g/mol. The molecule has 0 radical (unpaired) electrons. The van der Waals surface area contributed by atoms with Crippen LogP contribution in [-0.4, -0.2) is 0 Å². The summed E-state index contributed by atoms with van der Waals surface area (Å²) >= 11 is 0. The smallest absolute Gasteiger partial charge is 0.148 e. The summed E-state index contributed by atoms with van der Waals surface area (Å²) in [5, 5.41) is 9.06. The van der Waals surface area contributed by atoms with Gasteiger partial charge in [0.15, 0.2) is 0 Å². The van der Waals surface area contributed by atoms with Crippen LogP contribution in [0.4, 0.5) is 0 Å². The molecule has 0 saturated carbocycles. The van der Waals surface area contributed by atoms with Crippen LogP contribution in [0.5, 0.6) is 11.5 Å². The number of benzene rings is 2. The first-order valence-corrected chi connectivity index (χ1v) is 5.71. The molecule has 2 N–H and O–H groups in total. The lowest BCUT2D eigenvalue weighted by Gasteiger charge is -2.10. The van der Waals surface area contributed by atoms with Crippen LogP contribution in [0.15, 0.2) is 42.5 Å². The summed E-state index contributed by atoms with van der Waals surface area (Å²) in [7, 11) is 0. The van der Waals surface area contributed by atoms with Gasteiger partial charge in [-0.25, -0.2) is 0 Å². The fourth-order valence-corrected chi connectivity index (χ4v) is 1.69. The zero-order valence-electron chi connectivity index (χ0n) is 10.2. The monoisotopic (exact) mass is 238 g/mol. The SMILES string of the molecule is Cc1cccc(C#N)c1Oc1ccc(CN)cc1. The van der Waals surface area contributed by atoms with Crippen LogP contribution in [0.2, 0.25) is 0 Å². The first-order chi connectivity index (χ1) is 8.74. The number of nitriles is 1. The molecule has 2 aromatic rings. The van der Waals surface area contributed by atoms with E-state index >= 15 is 0 Å². The highest BCUT2D eigenvalue weighted by Gasteiger charge is 2.07. The Bertz CT molecular complexity index is 582. The van der Waals surface area contributed by atoms with Gasteiger partial charge >= 0.3 is 0 Å². The van der Waals surface area contributed by atoms with Crippen molar-refractivity contribution in [3.8, 4) is 17.6 Å². The lowest BCUT2D eigenvalue weighted by molar-refractivity contribution is 0.477. The topological polar surface area (TPSA) is 59.0 Å². The molecule has 0 bridgehead atoms. The van der Waals surface area contributed by atoms with Gasteiger partial charge < -0.3 is 10.5 Å². The maximum atomic E-state index is 9.06. The average molecular weight is 238 g/mol. The molecule has 0 atom stereocenters. The van der Waals surface area contributed by atoms with E-state index in [2.05, 4.69) is 6.07 Å². The third-order valence-corrected chi connectivity index (χ3v) is 2.71. The summed E-state index contributed by atoms with van der Waals surface area (Å²) in [5.74, 6) is 1.32. The van der Waals surface area contributed by atoms with Crippen LogP contribution in [-0.2, 0) is 6.54 Å². The van der Waals surface area contributed by atoms with E-state index in [1.165, 1.54) is 0 Å². The summed E-state index contributed by atoms with van der Waals surface area (Å²) in [4.78, 5) is 0. The summed E-state index contributed by atoms with van der Waals surface area (Å²) in [5.41, 5.74) is 8.07. The molecule has 0 aliphatic rings. The van der Waals surface area contributed by atoms with Gasteiger partial charge in [0.1, 0.15) is 17.6 Å². The zero-order valence-corrected chi connectivity index (χ0v) is 10.2. The molecule has 0 saturated heterocycles. The van der Waals surface area contributed by atoms with E-state index < -0.39 is 0 Å². The van der Waals surface area contributed by atoms with Crippen LogP contribution in [0, 0.1) is 18.3 Å². The Morgan fingerprint density at radius 3 is 2.50 bits per heavy atom. The van der Waals surface area contributed by atoms with Crippen molar-refractivity contribution in [1.29, 1.82) is 5.26 Å². The lowest BCUT2D eigenvalue weighted by atomic mass is 10.1. The average Bonchev–Trinajstić information content (AvgIpc) is 2.42. The van der Waals surface area contributed by atoms with Crippen molar-refractivity contribution in [3.63, 3.8) is 0 Å². The van der Waals surface area contributed by atoms with Gasteiger partial charge in [-0.2, -0.15) is 5.26 Å². The standard InChI is InChI=1S/C15H14N2O/c1-11-3-2-4-13(10-17)15(11)18-14-7-5-12(9-16)6-8-14/h2-8H,9,16H2,1H3.